The Hall–Kier alpha value is -2.87. The van der Waals surface area contributed by atoms with Crippen LogP contribution >= 0.6 is 12.2 Å². The number of ether oxygens (including phenoxy) is 2. The highest BCUT2D eigenvalue weighted by molar-refractivity contribution is 7.71. The highest BCUT2D eigenvalue weighted by Crippen LogP contribution is 2.32. The lowest BCUT2D eigenvalue weighted by molar-refractivity contribution is 0.263. The second kappa shape index (κ2) is 8.48. The van der Waals surface area contributed by atoms with Crippen LogP contribution < -0.4 is 14.9 Å². The zero-order valence-corrected chi connectivity index (χ0v) is 15.1. The van der Waals surface area contributed by atoms with E-state index in [9.17, 15) is 4.39 Å². The molecule has 0 atom stereocenters. The van der Waals surface area contributed by atoms with E-state index >= 15 is 0 Å². The Morgan fingerprint density at radius 2 is 1.96 bits per heavy atom. The number of H-pyrrole nitrogens is 1. The zero-order chi connectivity index (χ0) is 18.4. The van der Waals surface area contributed by atoms with Crippen molar-refractivity contribution in [2.45, 2.75) is 20.1 Å². The van der Waals surface area contributed by atoms with Gasteiger partial charge in [0.05, 0.1) is 13.2 Å². The van der Waals surface area contributed by atoms with Crippen LogP contribution in [-0.4, -0.2) is 21.5 Å². The van der Waals surface area contributed by atoms with E-state index in [2.05, 4.69) is 15.6 Å². The maximum absolute atomic E-state index is 13.9. The highest BCUT2D eigenvalue weighted by Gasteiger charge is 2.13. The first-order valence-corrected chi connectivity index (χ1v) is 8.56. The van der Waals surface area contributed by atoms with E-state index in [1.165, 1.54) is 6.07 Å². The van der Waals surface area contributed by atoms with Gasteiger partial charge in [0.25, 0.3) is 0 Å². The molecule has 0 saturated carbocycles. The van der Waals surface area contributed by atoms with Crippen molar-refractivity contribution in [2.24, 2.45) is 0 Å². The number of aromatic amines is 1. The van der Waals surface area contributed by atoms with Crippen LogP contribution in [0.4, 0.5) is 4.39 Å². The van der Waals surface area contributed by atoms with Gasteiger partial charge in [-0.25, -0.2) is 9.07 Å². The average Bonchev–Trinajstić information content (AvgIpc) is 3.05. The summed E-state index contributed by atoms with van der Waals surface area (Å²) in [6.45, 7) is 2.94. The van der Waals surface area contributed by atoms with Crippen molar-refractivity contribution in [3.63, 3.8) is 0 Å². The molecule has 26 heavy (non-hydrogen) atoms. The van der Waals surface area contributed by atoms with E-state index in [-0.39, 0.29) is 12.4 Å². The van der Waals surface area contributed by atoms with E-state index in [1.807, 2.05) is 25.1 Å². The van der Waals surface area contributed by atoms with Gasteiger partial charge in [0, 0.05) is 11.1 Å². The number of hydrogen-bond acceptors (Lipinski definition) is 5. The Kier molecular flexibility index (Phi) is 5.85. The standard InChI is InChI=1S/C18H19FN4O2S/c1-2-24-16-9-5-7-13(10-21-23-12-20-22-18(23)26)17(16)25-11-14-6-3-4-8-15(14)19/h3-9,12,21H,2,10-11H2,1H3,(H,22,26). The molecule has 0 amide bonds. The summed E-state index contributed by atoms with van der Waals surface area (Å²) >= 11 is 5.12. The van der Waals surface area contributed by atoms with Crippen molar-refractivity contribution in [1.82, 2.24) is 14.9 Å². The van der Waals surface area contributed by atoms with Gasteiger partial charge in [-0.15, -0.1) is 0 Å². The topological polar surface area (TPSA) is 64.1 Å². The Morgan fingerprint density at radius 1 is 1.15 bits per heavy atom. The average molecular weight is 374 g/mol. The molecule has 0 fully saturated rings. The molecule has 0 unspecified atom stereocenters. The minimum Gasteiger partial charge on any atom is -0.490 e. The summed E-state index contributed by atoms with van der Waals surface area (Å²) in [6.07, 6.45) is 1.55. The van der Waals surface area contributed by atoms with Crippen LogP contribution in [0.2, 0.25) is 0 Å². The molecule has 136 valence electrons. The minimum absolute atomic E-state index is 0.106. The summed E-state index contributed by atoms with van der Waals surface area (Å²) in [4.78, 5) is 0. The van der Waals surface area contributed by atoms with Gasteiger partial charge < -0.3 is 14.9 Å². The van der Waals surface area contributed by atoms with Gasteiger partial charge in [-0.2, -0.15) is 5.10 Å². The molecule has 3 aromatic rings. The normalized spacial score (nSPS) is 10.5. The van der Waals surface area contributed by atoms with Crippen LogP contribution in [0, 0.1) is 10.6 Å². The van der Waals surface area contributed by atoms with Crippen molar-refractivity contribution in [3.05, 3.63) is 70.5 Å². The molecule has 2 N–H and O–H groups in total. The minimum atomic E-state index is -0.300. The summed E-state index contributed by atoms with van der Waals surface area (Å²) in [5, 5.41) is 6.53. The second-order valence-electron chi connectivity index (χ2n) is 5.42. The molecule has 3 rings (SSSR count). The Bertz CT molecular complexity index is 925. The number of rotatable bonds is 8. The fraction of sp³-hybridized carbons (Fsp3) is 0.222. The van der Waals surface area contributed by atoms with Gasteiger partial charge in [0.15, 0.2) is 11.5 Å². The number of nitrogens with zero attached hydrogens (tertiary/aromatic N) is 2. The van der Waals surface area contributed by atoms with Crippen LogP contribution in [0.5, 0.6) is 11.5 Å². The highest BCUT2D eigenvalue weighted by atomic mass is 32.1. The molecule has 1 aromatic heterocycles. The van der Waals surface area contributed by atoms with E-state index in [0.29, 0.717) is 35.0 Å². The van der Waals surface area contributed by atoms with Gasteiger partial charge in [0.2, 0.25) is 4.77 Å². The van der Waals surface area contributed by atoms with E-state index in [4.69, 9.17) is 21.7 Å². The van der Waals surface area contributed by atoms with Gasteiger partial charge in [-0.1, -0.05) is 30.3 Å². The van der Waals surface area contributed by atoms with Gasteiger partial charge in [-0.3, -0.25) is 5.10 Å². The Balaban J connectivity index is 1.82. The third kappa shape index (κ3) is 4.20. The predicted octanol–water partition coefficient (Wildman–Crippen LogP) is 3.80. The Morgan fingerprint density at radius 3 is 2.69 bits per heavy atom. The van der Waals surface area contributed by atoms with Crippen LogP contribution in [0.1, 0.15) is 18.1 Å². The summed E-state index contributed by atoms with van der Waals surface area (Å²) in [6, 6.07) is 12.2. The molecule has 1 heterocycles. The van der Waals surface area contributed by atoms with E-state index in [1.54, 1.807) is 29.2 Å². The number of para-hydroxylation sites is 1. The molecule has 0 spiro atoms. The molecule has 0 aliphatic heterocycles. The van der Waals surface area contributed by atoms with Crippen molar-refractivity contribution in [1.29, 1.82) is 0 Å². The molecule has 6 nitrogen and oxygen atoms in total. The molecular formula is C18H19FN4O2S. The largest absolute Gasteiger partial charge is 0.490 e. The van der Waals surface area contributed by atoms with Gasteiger partial charge in [0.1, 0.15) is 18.8 Å². The van der Waals surface area contributed by atoms with Crippen molar-refractivity contribution in [2.75, 3.05) is 12.0 Å². The molecule has 0 saturated heterocycles. The zero-order valence-electron chi connectivity index (χ0n) is 14.2. The Labute approximate surface area is 155 Å². The molecule has 0 aliphatic carbocycles. The molecule has 0 bridgehead atoms. The predicted molar refractivity (Wildman–Crippen MR) is 98.8 cm³/mol. The first kappa shape index (κ1) is 17.9. The number of hydrogen-bond donors (Lipinski definition) is 2. The number of benzene rings is 2. The van der Waals surface area contributed by atoms with E-state index < -0.39 is 0 Å². The maximum Gasteiger partial charge on any atom is 0.214 e. The fourth-order valence-corrected chi connectivity index (χ4v) is 2.59. The third-order valence-electron chi connectivity index (χ3n) is 3.68. The van der Waals surface area contributed by atoms with Crippen LogP contribution in [-0.2, 0) is 13.2 Å². The maximum atomic E-state index is 13.9. The quantitative estimate of drug-likeness (QED) is 0.587. The van der Waals surface area contributed by atoms with Gasteiger partial charge >= 0.3 is 0 Å². The lowest BCUT2D eigenvalue weighted by Crippen LogP contribution is -2.14. The fourth-order valence-electron chi connectivity index (χ4n) is 2.43. The summed E-state index contributed by atoms with van der Waals surface area (Å²) < 4.78 is 27.5. The van der Waals surface area contributed by atoms with Crippen LogP contribution in [0.3, 0.4) is 0 Å². The number of halogens is 1. The second-order valence-corrected chi connectivity index (χ2v) is 5.81. The smallest absolute Gasteiger partial charge is 0.214 e. The monoisotopic (exact) mass is 374 g/mol. The summed E-state index contributed by atoms with van der Waals surface area (Å²) in [5.41, 5.74) is 4.48. The molecule has 8 heteroatoms. The molecule has 0 aliphatic rings. The van der Waals surface area contributed by atoms with Crippen molar-refractivity contribution >= 4 is 12.2 Å². The number of aromatic nitrogens is 3. The first-order valence-electron chi connectivity index (χ1n) is 8.16. The lowest BCUT2D eigenvalue weighted by Gasteiger charge is -2.17. The van der Waals surface area contributed by atoms with Crippen LogP contribution in [0.25, 0.3) is 0 Å². The third-order valence-corrected chi connectivity index (χ3v) is 3.97. The van der Waals surface area contributed by atoms with Crippen molar-refractivity contribution < 1.29 is 13.9 Å². The molecular weight excluding hydrogens is 355 g/mol. The number of nitrogens with one attached hydrogen (secondary N) is 2. The molecule has 2 aromatic carbocycles. The van der Waals surface area contributed by atoms with Crippen molar-refractivity contribution in [3.8, 4) is 11.5 Å². The first-order chi connectivity index (χ1) is 12.7. The summed E-state index contributed by atoms with van der Waals surface area (Å²) in [5.74, 6) is 0.879. The van der Waals surface area contributed by atoms with E-state index in [0.717, 1.165) is 5.56 Å². The SMILES string of the molecule is CCOc1cccc(CNn2cn[nH]c2=S)c1OCc1ccccc1F. The lowest BCUT2D eigenvalue weighted by atomic mass is 10.1. The summed E-state index contributed by atoms with van der Waals surface area (Å²) in [7, 11) is 0. The molecule has 0 radical (unpaired) electrons. The van der Waals surface area contributed by atoms with Gasteiger partial charge in [-0.05, 0) is 31.3 Å². The van der Waals surface area contributed by atoms with Crippen LogP contribution in [0.15, 0.2) is 48.8 Å².